The molecule has 2 aliphatic heterocycles. The molecule has 1 aromatic carbocycles. The highest BCUT2D eigenvalue weighted by atomic mass is 19.4. The van der Waals surface area contributed by atoms with Gasteiger partial charge in [-0.2, -0.15) is 13.2 Å². The van der Waals surface area contributed by atoms with Crippen LogP contribution < -0.4 is 10.2 Å². The molecule has 2 heterocycles. The molecule has 0 aromatic heterocycles. The first-order valence-electron chi connectivity index (χ1n) is 12.8. The largest absolute Gasteiger partial charge is 0.471 e. The Morgan fingerprint density at radius 1 is 1.08 bits per heavy atom. The van der Waals surface area contributed by atoms with Crippen molar-refractivity contribution in [2.24, 2.45) is 11.8 Å². The fourth-order valence-corrected chi connectivity index (χ4v) is 6.05. The summed E-state index contributed by atoms with van der Waals surface area (Å²) in [5.74, 6) is -1.70. The number of esters is 1. The maximum absolute atomic E-state index is 13.2. The summed E-state index contributed by atoms with van der Waals surface area (Å²) in [6.07, 6.45) is 2.03. The highest BCUT2D eigenvalue weighted by molar-refractivity contribution is 5.94. The lowest BCUT2D eigenvalue weighted by Gasteiger charge is -2.46. The molecule has 2 unspecified atom stereocenters. The average molecular weight is 510 g/mol. The van der Waals surface area contributed by atoms with Crippen LogP contribution in [0.3, 0.4) is 0 Å². The SMILES string of the molecule is COC(=O)CCC1CNC(=O)N(c2ccc3c(c2)CCN(C(=O)C(F)(F)F)CC3)C1C1CCCCC1. The van der Waals surface area contributed by atoms with Gasteiger partial charge >= 0.3 is 24.1 Å². The van der Waals surface area contributed by atoms with E-state index >= 15 is 0 Å². The van der Waals surface area contributed by atoms with Gasteiger partial charge in [-0.1, -0.05) is 25.3 Å². The van der Waals surface area contributed by atoms with E-state index in [4.69, 9.17) is 4.74 Å². The van der Waals surface area contributed by atoms with Crippen LogP contribution in [0.1, 0.15) is 56.1 Å². The average Bonchev–Trinajstić information content (AvgIpc) is 3.09. The number of hydrogen-bond acceptors (Lipinski definition) is 4. The van der Waals surface area contributed by atoms with Crippen LogP contribution in [0.25, 0.3) is 0 Å². The van der Waals surface area contributed by atoms with Gasteiger partial charge in [0.05, 0.1) is 7.11 Å². The molecule has 4 rings (SSSR count). The zero-order valence-electron chi connectivity index (χ0n) is 20.6. The molecule has 1 saturated heterocycles. The van der Waals surface area contributed by atoms with Crippen molar-refractivity contribution in [3.05, 3.63) is 29.3 Å². The van der Waals surface area contributed by atoms with Crippen LogP contribution in [0.15, 0.2) is 18.2 Å². The molecule has 10 heteroatoms. The van der Waals surface area contributed by atoms with Gasteiger partial charge < -0.3 is 15.0 Å². The number of anilines is 1. The second-order valence-electron chi connectivity index (χ2n) is 10.1. The number of nitrogens with one attached hydrogen (secondary N) is 1. The van der Waals surface area contributed by atoms with E-state index in [2.05, 4.69) is 5.32 Å². The lowest BCUT2D eigenvalue weighted by molar-refractivity contribution is -0.185. The number of urea groups is 1. The minimum atomic E-state index is -4.89. The molecule has 1 aromatic rings. The Kier molecular flexibility index (Phi) is 8.10. The molecule has 3 amide bonds. The van der Waals surface area contributed by atoms with Gasteiger partial charge in [0.1, 0.15) is 0 Å². The first-order chi connectivity index (χ1) is 17.2. The number of alkyl halides is 3. The smallest absolute Gasteiger partial charge is 0.469 e. The summed E-state index contributed by atoms with van der Waals surface area (Å²) in [5, 5.41) is 2.98. The lowest BCUT2D eigenvalue weighted by atomic mass is 9.75. The van der Waals surface area contributed by atoms with E-state index in [0.29, 0.717) is 37.4 Å². The second-order valence-corrected chi connectivity index (χ2v) is 10.1. The normalized spacial score (nSPS) is 23.5. The number of fused-ring (bicyclic) bond motifs is 1. The molecule has 0 bridgehead atoms. The minimum Gasteiger partial charge on any atom is -0.469 e. The molecule has 0 spiro atoms. The van der Waals surface area contributed by atoms with Gasteiger partial charge in [-0.25, -0.2) is 4.79 Å². The van der Waals surface area contributed by atoms with Crippen LogP contribution in [0.2, 0.25) is 0 Å². The molecular weight excluding hydrogens is 475 g/mol. The highest BCUT2D eigenvalue weighted by Gasteiger charge is 2.43. The molecule has 3 aliphatic rings. The van der Waals surface area contributed by atoms with Crippen LogP contribution in [-0.2, 0) is 27.2 Å². The number of nitrogens with zero attached hydrogens (tertiary/aromatic N) is 2. The predicted molar refractivity (Wildman–Crippen MR) is 127 cm³/mol. The summed E-state index contributed by atoms with van der Waals surface area (Å²) in [6.45, 7) is 0.483. The van der Waals surface area contributed by atoms with Gasteiger partial charge in [-0.3, -0.25) is 14.5 Å². The number of hydrogen-bond donors (Lipinski definition) is 1. The van der Waals surface area contributed by atoms with E-state index in [1.54, 1.807) is 0 Å². The predicted octanol–water partition coefficient (Wildman–Crippen LogP) is 4.22. The fourth-order valence-electron chi connectivity index (χ4n) is 6.05. The highest BCUT2D eigenvalue weighted by Crippen LogP contribution is 2.39. The van der Waals surface area contributed by atoms with Gasteiger partial charge in [0, 0.05) is 37.8 Å². The maximum atomic E-state index is 13.2. The molecule has 2 fully saturated rings. The minimum absolute atomic E-state index is 0.00912. The Hall–Kier alpha value is -2.78. The van der Waals surface area contributed by atoms with Gasteiger partial charge in [-0.05, 0) is 67.2 Å². The third-order valence-corrected chi connectivity index (χ3v) is 7.89. The Balaban J connectivity index is 1.60. The number of amides is 3. The number of ether oxygens (including phenoxy) is 1. The molecule has 0 radical (unpaired) electrons. The van der Waals surface area contributed by atoms with Crippen molar-refractivity contribution in [3.63, 3.8) is 0 Å². The number of halogens is 3. The number of methoxy groups -OCH3 is 1. The number of carbonyl (C=O) groups excluding carboxylic acids is 3. The Morgan fingerprint density at radius 2 is 1.78 bits per heavy atom. The third kappa shape index (κ3) is 5.78. The number of rotatable bonds is 5. The quantitative estimate of drug-likeness (QED) is 0.603. The van der Waals surface area contributed by atoms with E-state index in [1.807, 2.05) is 23.1 Å². The van der Waals surface area contributed by atoms with Crippen molar-refractivity contribution in [1.29, 1.82) is 0 Å². The topological polar surface area (TPSA) is 79.0 Å². The van der Waals surface area contributed by atoms with E-state index in [-0.39, 0.29) is 43.5 Å². The monoisotopic (exact) mass is 509 g/mol. The lowest BCUT2D eigenvalue weighted by Crippen LogP contribution is -2.60. The zero-order valence-corrected chi connectivity index (χ0v) is 20.6. The summed E-state index contributed by atoms with van der Waals surface area (Å²) in [5.41, 5.74) is 2.46. The molecule has 7 nitrogen and oxygen atoms in total. The van der Waals surface area contributed by atoms with Crippen molar-refractivity contribution in [1.82, 2.24) is 10.2 Å². The van der Waals surface area contributed by atoms with E-state index < -0.39 is 12.1 Å². The Morgan fingerprint density at radius 3 is 2.44 bits per heavy atom. The maximum Gasteiger partial charge on any atom is 0.471 e. The van der Waals surface area contributed by atoms with Crippen molar-refractivity contribution in [3.8, 4) is 0 Å². The van der Waals surface area contributed by atoms with E-state index in [1.165, 1.54) is 13.5 Å². The molecule has 198 valence electrons. The summed E-state index contributed by atoms with van der Waals surface area (Å²) in [4.78, 5) is 39.5. The van der Waals surface area contributed by atoms with Gasteiger partial charge in [0.2, 0.25) is 0 Å². The van der Waals surface area contributed by atoms with Crippen molar-refractivity contribution in [2.45, 2.75) is 70.0 Å². The van der Waals surface area contributed by atoms with Crippen molar-refractivity contribution in [2.75, 3.05) is 31.6 Å². The molecule has 1 aliphatic carbocycles. The van der Waals surface area contributed by atoms with Crippen LogP contribution in [-0.4, -0.2) is 61.8 Å². The Bertz CT molecular complexity index is 978. The summed E-state index contributed by atoms with van der Waals surface area (Å²) in [6, 6.07) is 5.36. The molecular formula is C26H34F3N3O4. The van der Waals surface area contributed by atoms with E-state index in [0.717, 1.165) is 41.7 Å². The summed E-state index contributed by atoms with van der Waals surface area (Å²) < 4.78 is 43.7. The fraction of sp³-hybridized carbons (Fsp3) is 0.654. The van der Waals surface area contributed by atoms with Crippen LogP contribution >= 0.6 is 0 Å². The summed E-state index contributed by atoms with van der Waals surface area (Å²) >= 11 is 0. The van der Waals surface area contributed by atoms with E-state index in [9.17, 15) is 27.6 Å². The zero-order chi connectivity index (χ0) is 25.9. The van der Waals surface area contributed by atoms with Gasteiger partial charge in [-0.15, -0.1) is 0 Å². The van der Waals surface area contributed by atoms with Crippen LogP contribution in [0, 0.1) is 11.8 Å². The Labute approximate surface area is 209 Å². The van der Waals surface area contributed by atoms with Crippen molar-refractivity contribution < 1.29 is 32.3 Å². The molecule has 1 saturated carbocycles. The van der Waals surface area contributed by atoms with Crippen LogP contribution in [0.4, 0.5) is 23.7 Å². The van der Waals surface area contributed by atoms with Gasteiger partial charge in [0.25, 0.3) is 0 Å². The second kappa shape index (κ2) is 11.1. The van der Waals surface area contributed by atoms with Crippen LogP contribution in [0.5, 0.6) is 0 Å². The molecule has 36 heavy (non-hydrogen) atoms. The molecule has 2 atom stereocenters. The molecule has 1 N–H and O–H groups in total. The number of benzene rings is 1. The van der Waals surface area contributed by atoms with Gasteiger partial charge in [0.15, 0.2) is 0 Å². The first kappa shape index (κ1) is 26.3. The standard InChI is InChI=1S/C26H34F3N3O4/c1-36-22(33)10-8-20-16-30-25(35)32(23(20)18-5-3-2-4-6-18)21-9-7-17-11-13-31(14-12-19(17)15-21)24(34)26(27,28)29/h7,9,15,18,20,23H,2-6,8,10-14,16H2,1H3,(H,30,35). The number of carbonyl (C=O) groups is 3. The third-order valence-electron chi connectivity index (χ3n) is 7.89. The first-order valence-corrected chi connectivity index (χ1v) is 12.8. The summed E-state index contributed by atoms with van der Waals surface area (Å²) in [7, 11) is 1.37. The van der Waals surface area contributed by atoms with Crippen molar-refractivity contribution >= 4 is 23.6 Å².